The molecule has 1 aliphatic rings. The molecular formula is C19H18N6O4S. The van der Waals surface area contributed by atoms with Gasteiger partial charge in [-0.2, -0.15) is 4.98 Å². The summed E-state index contributed by atoms with van der Waals surface area (Å²) in [5, 5.41) is 9.43. The van der Waals surface area contributed by atoms with Crippen LogP contribution in [0.1, 0.15) is 24.9 Å². The lowest BCUT2D eigenvalue weighted by Gasteiger charge is -2.23. The van der Waals surface area contributed by atoms with Crippen LogP contribution >= 0.6 is 0 Å². The fraction of sp³-hybridized carbons (Fsp3) is 0.158. The van der Waals surface area contributed by atoms with Gasteiger partial charge in [0.05, 0.1) is 17.4 Å². The van der Waals surface area contributed by atoms with Gasteiger partial charge < -0.3 is 5.32 Å². The van der Waals surface area contributed by atoms with Gasteiger partial charge in [-0.25, -0.2) is 17.8 Å². The average Bonchev–Trinajstić information content (AvgIpc) is 3.09. The normalized spacial score (nSPS) is 15.8. The highest BCUT2D eigenvalue weighted by Crippen LogP contribution is 2.30. The number of aromatic nitrogens is 3. The summed E-state index contributed by atoms with van der Waals surface area (Å²) in [6.07, 6.45) is 0.164. The number of amides is 2. The zero-order chi connectivity index (χ0) is 21.3. The van der Waals surface area contributed by atoms with E-state index in [9.17, 15) is 18.0 Å². The molecule has 4 rings (SSSR count). The third-order valence-electron chi connectivity index (χ3n) is 4.45. The Morgan fingerprint density at radius 1 is 1.13 bits per heavy atom. The van der Waals surface area contributed by atoms with Crippen LogP contribution in [0.5, 0.6) is 0 Å². The second kappa shape index (κ2) is 7.59. The zero-order valence-corrected chi connectivity index (χ0v) is 16.7. The number of carbonyl (C=O) groups excluding carboxylic acids is 2. The van der Waals surface area contributed by atoms with Crippen molar-refractivity contribution in [2.24, 2.45) is 0 Å². The van der Waals surface area contributed by atoms with Crippen molar-refractivity contribution in [1.82, 2.24) is 14.8 Å². The molecule has 2 heterocycles. The lowest BCUT2D eigenvalue weighted by molar-refractivity contribution is -0.117. The molecule has 0 unspecified atom stereocenters. The summed E-state index contributed by atoms with van der Waals surface area (Å²) < 4.78 is 29.2. The van der Waals surface area contributed by atoms with E-state index < -0.39 is 16.1 Å². The highest BCUT2D eigenvalue weighted by molar-refractivity contribution is 7.92. The quantitative estimate of drug-likeness (QED) is 0.571. The van der Waals surface area contributed by atoms with Gasteiger partial charge in [0.25, 0.3) is 16.0 Å². The van der Waals surface area contributed by atoms with Crippen LogP contribution < -0.4 is 15.4 Å². The molecular weight excluding hydrogens is 408 g/mol. The molecule has 2 aromatic carbocycles. The van der Waals surface area contributed by atoms with Crippen LogP contribution in [0.15, 0.2) is 59.5 Å². The Labute approximate surface area is 172 Å². The van der Waals surface area contributed by atoms with Crippen molar-refractivity contribution in [3.05, 3.63) is 60.2 Å². The van der Waals surface area contributed by atoms with E-state index in [1.807, 2.05) is 30.3 Å². The maximum Gasteiger partial charge on any atom is 0.264 e. The number of rotatable bonds is 5. The summed E-state index contributed by atoms with van der Waals surface area (Å²) >= 11 is 0. The molecule has 1 aliphatic heterocycles. The molecule has 11 heteroatoms. The molecule has 0 spiro atoms. The Bertz CT molecular complexity index is 1210. The van der Waals surface area contributed by atoms with E-state index in [1.165, 1.54) is 35.9 Å². The van der Waals surface area contributed by atoms with E-state index in [1.54, 1.807) is 0 Å². The lowest BCUT2D eigenvalue weighted by Crippen LogP contribution is -2.29. The summed E-state index contributed by atoms with van der Waals surface area (Å²) in [6.45, 7) is 1.36. The van der Waals surface area contributed by atoms with Crippen molar-refractivity contribution in [1.29, 1.82) is 0 Å². The van der Waals surface area contributed by atoms with Gasteiger partial charge in [0.1, 0.15) is 0 Å². The maximum absolute atomic E-state index is 12.7. The Morgan fingerprint density at radius 2 is 1.83 bits per heavy atom. The average molecular weight is 426 g/mol. The minimum Gasteiger partial charge on any atom is -0.326 e. The molecule has 0 saturated heterocycles. The molecule has 1 aromatic heterocycles. The fourth-order valence-electron chi connectivity index (χ4n) is 3.14. The Balaban J connectivity index is 1.60. The number of carbonyl (C=O) groups is 2. The number of nitrogens with zero attached hydrogens (tertiary/aromatic N) is 3. The Kier molecular flexibility index (Phi) is 4.96. The van der Waals surface area contributed by atoms with Crippen LogP contribution in [-0.4, -0.2) is 35.0 Å². The van der Waals surface area contributed by atoms with E-state index in [4.69, 9.17) is 0 Å². The first-order valence-electron chi connectivity index (χ1n) is 9.03. The predicted octanol–water partition coefficient (Wildman–Crippen LogP) is 1.97. The maximum atomic E-state index is 12.7. The van der Waals surface area contributed by atoms with Gasteiger partial charge >= 0.3 is 0 Å². The molecule has 2 amide bonds. The van der Waals surface area contributed by atoms with Gasteiger partial charge in [0, 0.05) is 12.6 Å². The van der Waals surface area contributed by atoms with Crippen LogP contribution in [0.2, 0.25) is 0 Å². The van der Waals surface area contributed by atoms with Crippen LogP contribution in [-0.2, 0) is 19.6 Å². The summed E-state index contributed by atoms with van der Waals surface area (Å²) in [5.74, 6) is -0.476. The summed E-state index contributed by atoms with van der Waals surface area (Å²) in [5.41, 5.74) is 1.34. The number of sulfonamides is 1. The van der Waals surface area contributed by atoms with Crippen molar-refractivity contribution in [3.63, 3.8) is 0 Å². The molecule has 0 radical (unpaired) electrons. The largest absolute Gasteiger partial charge is 0.326 e. The number of fused-ring (bicyclic) bond motifs is 1. The lowest BCUT2D eigenvalue weighted by atomic mass is 10.0. The van der Waals surface area contributed by atoms with Crippen LogP contribution in [0.3, 0.4) is 0 Å². The van der Waals surface area contributed by atoms with E-state index in [2.05, 4.69) is 25.4 Å². The highest BCUT2D eigenvalue weighted by Gasteiger charge is 2.30. The summed E-state index contributed by atoms with van der Waals surface area (Å²) in [4.78, 5) is 27.3. The van der Waals surface area contributed by atoms with Gasteiger partial charge in [0.2, 0.25) is 17.8 Å². The number of anilines is 3. The van der Waals surface area contributed by atoms with Gasteiger partial charge in [-0.3, -0.25) is 14.9 Å². The first-order valence-corrected chi connectivity index (χ1v) is 10.5. The smallest absolute Gasteiger partial charge is 0.264 e. The van der Waals surface area contributed by atoms with Gasteiger partial charge in [-0.1, -0.05) is 30.3 Å². The van der Waals surface area contributed by atoms with Gasteiger partial charge in [-0.05, 0) is 29.8 Å². The molecule has 0 aliphatic carbocycles. The molecule has 1 atom stereocenters. The Morgan fingerprint density at radius 3 is 2.50 bits per heavy atom. The van der Waals surface area contributed by atoms with Crippen molar-refractivity contribution in [2.75, 3.05) is 15.4 Å². The summed E-state index contributed by atoms with van der Waals surface area (Å²) in [7, 11) is -3.97. The van der Waals surface area contributed by atoms with Gasteiger partial charge in [-0.15, -0.1) is 5.10 Å². The van der Waals surface area contributed by atoms with Gasteiger partial charge in [0.15, 0.2) is 0 Å². The second-order valence-electron chi connectivity index (χ2n) is 6.69. The standard InChI is InChI=1S/C19H18N6O4S/c1-12(26)20-14-7-9-15(10-8-14)30(28,29)24-18-22-19-21-17(27)11-16(25(19)23-18)13-5-3-2-4-6-13/h2-10,16H,11H2,1H3,(H,20,26)(H2,21,22,23,24,27)/t16-/m0/s1. The predicted molar refractivity (Wildman–Crippen MR) is 109 cm³/mol. The molecule has 3 aromatic rings. The monoisotopic (exact) mass is 426 g/mol. The molecule has 10 nitrogen and oxygen atoms in total. The minimum atomic E-state index is -3.97. The van der Waals surface area contributed by atoms with Crippen molar-refractivity contribution in [2.45, 2.75) is 24.3 Å². The zero-order valence-electron chi connectivity index (χ0n) is 15.9. The van der Waals surface area contributed by atoms with Crippen LogP contribution in [0.4, 0.5) is 17.6 Å². The van der Waals surface area contributed by atoms with Crippen molar-refractivity contribution in [3.8, 4) is 0 Å². The fourth-order valence-corrected chi connectivity index (χ4v) is 4.08. The van der Waals surface area contributed by atoms with E-state index in [-0.39, 0.29) is 35.0 Å². The molecule has 0 fully saturated rings. The number of hydrogen-bond acceptors (Lipinski definition) is 6. The molecule has 3 N–H and O–H groups in total. The highest BCUT2D eigenvalue weighted by atomic mass is 32.2. The van der Waals surface area contributed by atoms with Crippen molar-refractivity contribution < 1.29 is 18.0 Å². The minimum absolute atomic E-state index is 0.0204. The topological polar surface area (TPSA) is 135 Å². The molecule has 0 saturated carbocycles. The first-order chi connectivity index (χ1) is 14.3. The number of hydrogen-bond donors (Lipinski definition) is 3. The summed E-state index contributed by atoms with van der Waals surface area (Å²) in [6, 6.07) is 14.6. The van der Waals surface area contributed by atoms with E-state index >= 15 is 0 Å². The first kappa shape index (κ1) is 19.6. The second-order valence-corrected chi connectivity index (χ2v) is 8.38. The van der Waals surface area contributed by atoms with Crippen LogP contribution in [0.25, 0.3) is 0 Å². The number of benzene rings is 2. The third-order valence-corrected chi connectivity index (χ3v) is 5.80. The molecule has 0 bridgehead atoms. The molecule has 154 valence electrons. The van der Waals surface area contributed by atoms with Crippen molar-refractivity contribution >= 4 is 39.4 Å². The Hall–Kier alpha value is -3.73. The van der Waals surface area contributed by atoms with E-state index in [0.29, 0.717) is 5.69 Å². The molecule has 30 heavy (non-hydrogen) atoms. The SMILES string of the molecule is CC(=O)Nc1ccc(S(=O)(=O)Nc2nc3n(n2)[C@H](c2ccccc2)CC(=O)N3)cc1. The van der Waals surface area contributed by atoms with Crippen LogP contribution in [0, 0.1) is 0 Å². The van der Waals surface area contributed by atoms with E-state index in [0.717, 1.165) is 5.56 Å². The number of nitrogens with one attached hydrogen (secondary N) is 3. The third kappa shape index (κ3) is 4.01.